The standard InChI is InChI=1S/C11H22N2O2S/c1-11(2)9-13(6-5-12-11)8-10-4-3-7-16(10,14)15/h10,12H,3-9H2,1-2H3. The van der Waals surface area contributed by atoms with E-state index in [4.69, 9.17) is 0 Å². The van der Waals surface area contributed by atoms with Gasteiger partial charge >= 0.3 is 0 Å². The van der Waals surface area contributed by atoms with E-state index < -0.39 is 9.84 Å². The largest absolute Gasteiger partial charge is 0.309 e. The number of sulfone groups is 1. The van der Waals surface area contributed by atoms with E-state index in [1.807, 2.05) is 0 Å². The summed E-state index contributed by atoms with van der Waals surface area (Å²) in [5.74, 6) is 0.396. The Kier molecular flexibility index (Phi) is 3.29. The number of hydrogen-bond donors (Lipinski definition) is 1. The first kappa shape index (κ1) is 12.3. The zero-order valence-corrected chi connectivity index (χ0v) is 11.0. The predicted molar refractivity (Wildman–Crippen MR) is 65.3 cm³/mol. The van der Waals surface area contributed by atoms with Crippen LogP contribution < -0.4 is 5.32 Å². The van der Waals surface area contributed by atoms with E-state index in [2.05, 4.69) is 24.1 Å². The fourth-order valence-corrected chi connectivity index (χ4v) is 4.62. The molecule has 0 radical (unpaired) electrons. The summed E-state index contributed by atoms with van der Waals surface area (Å²) in [4.78, 5) is 2.30. The van der Waals surface area contributed by atoms with Crippen molar-refractivity contribution in [3.63, 3.8) is 0 Å². The Hall–Kier alpha value is -0.130. The minimum atomic E-state index is -2.79. The van der Waals surface area contributed by atoms with Crippen molar-refractivity contribution in [3.05, 3.63) is 0 Å². The number of nitrogens with zero attached hydrogens (tertiary/aromatic N) is 1. The molecule has 1 atom stereocenters. The summed E-state index contributed by atoms with van der Waals surface area (Å²) in [7, 11) is -2.79. The van der Waals surface area contributed by atoms with E-state index in [1.165, 1.54) is 0 Å². The number of hydrogen-bond acceptors (Lipinski definition) is 4. The summed E-state index contributed by atoms with van der Waals surface area (Å²) in [5.41, 5.74) is 0.112. The van der Waals surface area contributed by atoms with Crippen LogP contribution in [0.3, 0.4) is 0 Å². The minimum absolute atomic E-state index is 0.110. The lowest BCUT2D eigenvalue weighted by atomic mass is 10.0. The van der Waals surface area contributed by atoms with Gasteiger partial charge in [0.05, 0.1) is 11.0 Å². The van der Waals surface area contributed by atoms with Gasteiger partial charge in [0.1, 0.15) is 0 Å². The molecule has 0 aromatic heterocycles. The Labute approximate surface area is 98.3 Å². The highest BCUT2D eigenvalue weighted by Gasteiger charge is 2.34. The van der Waals surface area contributed by atoms with Crippen LogP contribution >= 0.6 is 0 Å². The SMILES string of the molecule is CC1(C)CN(CC2CCCS2(=O)=O)CCN1. The minimum Gasteiger partial charge on any atom is -0.309 e. The van der Waals surface area contributed by atoms with Crippen LogP contribution in [0.5, 0.6) is 0 Å². The summed E-state index contributed by atoms with van der Waals surface area (Å²) in [5, 5.41) is 3.33. The fraction of sp³-hybridized carbons (Fsp3) is 1.00. The van der Waals surface area contributed by atoms with Crippen LogP contribution in [0, 0.1) is 0 Å². The van der Waals surface area contributed by atoms with E-state index in [1.54, 1.807) is 0 Å². The first-order valence-electron chi connectivity index (χ1n) is 6.08. The molecule has 0 amide bonds. The molecule has 0 aromatic rings. The molecule has 2 heterocycles. The highest BCUT2D eigenvalue weighted by molar-refractivity contribution is 7.92. The normalized spacial score (nSPS) is 34.0. The Morgan fingerprint density at radius 2 is 2.19 bits per heavy atom. The first-order valence-corrected chi connectivity index (χ1v) is 7.80. The van der Waals surface area contributed by atoms with Crippen LogP contribution in [0.1, 0.15) is 26.7 Å². The summed E-state index contributed by atoms with van der Waals surface area (Å²) in [6.07, 6.45) is 1.70. The van der Waals surface area contributed by atoms with Crippen molar-refractivity contribution in [2.75, 3.05) is 31.9 Å². The van der Waals surface area contributed by atoms with Crippen LogP contribution in [0.4, 0.5) is 0 Å². The van der Waals surface area contributed by atoms with Crippen molar-refractivity contribution in [1.29, 1.82) is 0 Å². The molecule has 2 rings (SSSR count). The van der Waals surface area contributed by atoms with Gasteiger partial charge < -0.3 is 5.32 Å². The molecule has 16 heavy (non-hydrogen) atoms. The lowest BCUT2D eigenvalue weighted by molar-refractivity contribution is 0.154. The van der Waals surface area contributed by atoms with Crippen LogP contribution in [0.2, 0.25) is 0 Å². The second kappa shape index (κ2) is 4.27. The van der Waals surface area contributed by atoms with Gasteiger partial charge in [0, 0.05) is 31.7 Å². The van der Waals surface area contributed by atoms with Gasteiger partial charge in [0.2, 0.25) is 0 Å². The lowest BCUT2D eigenvalue weighted by Crippen LogP contribution is -2.58. The van der Waals surface area contributed by atoms with Crippen molar-refractivity contribution < 1.29 is 8.42 Å². The molecule has 0 aliphatic carbocycles. The molecular weight excluding hydrogens is 224 g/mol. The molecule has 2 saturated heterocycles. The lowest BCUT2D eigenvalue weighted by Gasteiger charge is -2.39. The Morgan fingerprint density at radius 1 is 1.44 bits per heavy atom. The number of piperazine rings is 1. The van der Waals surface area contributed by atoms with Gasteiger partial charge in [-0.25, -0.2) is 8.42 Å². The average Bonchev–Trinajstić information content (AvgIpc) is 2.44. The van der Waals surface area contributed by atoms with Crippen LogP contribution in [-0.2, 0) is 9.84 Å². The summed E-state index contributed by atoms with van der Waals surface area (Å²) < 4.78 is 23.5. The maximum atomic E-state index is 11.8. The van der Waals surface area contributed by atoms with Crippen LogP contribution in [0.15, 0.2) is 0 Å². The van der Waals surface area contributed by atoms with Gasteiger partial charge in [0.15, 0.2) is 9.84 Å². The third-order valence-corrected chi connectivity index (χ3v) is 5.83. The van der Waals surface area contributed by atoms with Gasteiger partial charge in [-0.1, -0.05) is 0 Å². The average molecular weight is 246 g/mol. The third kappa shape index (κ3) is 2.76. The van der Waals surface area contributed by atoms with Gasteiger partial charge in [-0.05, 0) is 26.7 Å². The van der Waals surface area contributed by atoms with Crippen molar-refractivity contribution in [2.24, 2.45) is 0 Å². The van der Waals surface area contributed by atoms with E-state index in [-0.39, 0.29) is 10.8 Å². The molecule has 1 N–H and O–H groups in total. The predicted octanol–water partition coefficient (Wildman–Crippen LogP) is 0.247. The first-order chi connectivity index (χ1) is 7.39. The molecule has 0 bridgehead atoms. The monoisotopic (exact) mass is 246 g/mol. The smallest absolute Gasteiger partial charge is 0.154 e. The maximum absolute atomic E-state index is 11.8. The maximum Gasteiger partial charge on any atom is 0.154 e. The summed E-state index contributed by atoms with van der Waals surface area (Å²) in [6, 6.07) is 0. The quantitative estimate of drug-likeness (QED) is 0.759. The van der Waals surface area contributed by atoms with E-state index in [9.17, 15) is 8.42 Å². The number of rotatable bonds is 2. The molecule has 1 unspecified atom stereocenters. The van der Waals surface area contributed by atoms with Crippen molar-refractivity contribution in [2.45, 2.75) is 37.5 Å². The highest BCUT2D eigenvalue weighted by Crippen LogP contribution is 2.22. The van der Waals surface area contributed by atoms with Crippen molar-refractivity contribution in [1.82, 2.24) is 10.2 Å². The van der Waals surface area contributed by atoms with Crippen molar-refractivity contribution in [3.8, 4) is 0 Å². The zero-order valence-electron chi connectivity index (χ0n) is 10.2. The second-order valence-corrected chi connectivity index (χ2v) is 8.08. The van der Waals surface area contributed by atoms with Crippen LogP contribution in [0.25, 0.3) is 0 Å². The third-order valence-electron chi connectivity index (χ3n) is 3.58. The number of nitrogens with one attached hydrogen (secondary N) is 1. The van der Waals surface area contributed by atoms with Crippen LogP contribution in [-0.4, -0.2) is 56.0 Å². The second-order valence-electron chi connectivity index (χ2n) is 5.68. The topological polar surface area (TPSA) is 49.4 Å². The molecule has 2 aliphatic heterocycles. The van der Waals surface area contributed by atoms with Gasteiger partial charge in [0.25, 0.3) is 0 Å². The molecule has 0 saturated carbocycles. The molecule has 5 heteroatoms. The highest BCUT2D eigenvalue weighted by atomic mass is 32.2. The Morgan fingerprint density at radius 3 is 2.75 bits per heavy atom. The summed E-state index contributed by atoms with van der Waals surface area (Å²) >= 11 is 0. The molecule has 94 valence electrons. The molecular formula is C11H22N2O2S. The van der Waals surface area contributed by atoms with E-state index in [0.29, 0.717) is 5.75 Å². The Balaban J connectivity index is 1.95. The van der Waals surface area contributed by atoms with Gasteiger partial charge in [-0.15, -0.1) is 0 Å². The van der Waals surface area contributed by atoms with Gasteiger partial charge in [-0.3, -0.25) is 4.90 Å². The fourth-order valence-electron chi connectivity index (χ4n) is 2.75. The van der Waals surface area contributed by atoms with Gasteiger partial charge in [-0.2, -0.15) is 0 Å². The molecule has 0 aromatic carbocycles. The molecule has 2 fully saturated rings. The molecule has 0 spiro atoms. The molecule has 2 aliphatic rings. The summed E-state index contributed by atoms with van der Waals surface area (Å²) in [6.45, 7) is 7.94. The van der Waals surface area contributed by atoms with E-state index in [0.717, 1.165) is 39.0 Å². The zero-order chi connectivity index (χ0) is 11.8. The molecule has 4 nitrogen and oxygen atoms in total. The Bertz CT molecular complexity index is 351. The van der Waals surface area contributed by atoms with Crippen molar-refractivity contribution >= 4 is 9.84 Å². The van der Waals surface area contributed by atoms with E-state index >= 15 is 0 Å².